The van der Waals surface area contributed by atoms with Crippen LogP contribution in [0, 0.1) is 0 Å². The van der Waals surface area contributed by atoms with E-state index in [1.807, 2.05) is 30.3 Å². The molecule has 62 valence electrons. The average molecular weight is 161 g/mol. The first-order valence-electron chi connectivity index (χ1n) is 3.83. The third-order valence-corrected chi connectivity index (χ3v) is 1.52. The maximum absolute atomic E-state index is 10.2. The van der Waals surface area contributed by atoms with Crippen molar-refractivity contribution in [3.63, 3.8) is 0 Å². The van der Waals surface area contributed by atoms with Crippen molar-refractivity contribution in [1.82, 2.24) is 0 Å². The molecule has 0 spiro atoms. The first-order chi connectivity index (χ1) is 5.83. The molecule has 0 saturated carbocycles. The smallest absolute Gasteiger partial charge is 0.163 e. The van der Waals surface area contributed by atoms with E-state index in [2.05, 4.69) is 4.99 Å². The molecule has 0 fully saturated rings. The molecule has 0 amide bonds. The van der Waals surface area contributed by atoms with Crippen LogP contribution in [0.2, 0.25) is 0 Å². The van der Waals surface area contributed by atoms with Crippen molar-refractivity contribution in [2.45, 2.75) is 13.5 Å². The summed E-state index contributed by atoms with van der Waals surface area (Å²) in [7, 11) is 0. The molecule has 2 nitrogen and oxygen atoms in total. The van der Waals surface area contributed by atoms with Crippen LogP contribution >= 0.6 is 0 Å². The molecule has 0 saturated heterocycles. The highest BCUT2D eigenvalue weighted by Gasteiger charge is 1.88. The van der Waals surface area contributed by atoms with Gasteiger partial charge in [0.15, 0.2) is 6.29 Å². The Labute approximate surface area is 71.9 Å². The Morgan fingerprint density at radius 1 is 1.42 bits per heavy atom. The Balaban J connectivity index is 2.60. The number of aldehydes is 1. The molecule has 0 N–H and O–H groups in total. The molecular weight excluding hydrogens is 150 g/mol. The minimum absolute atomic E-state index is 0.541. The standard InChI is InChI=1S/C10H11NO/c1-9(8-12)11-7-10-5-3-2-4-6-10/h2-6,8H,7H2,1H3. The average Bonchev–Trinajstić information content (AvgIpc) is 2.16. The summed E-state index contributed by atoms with van der Waals surface area (Å²) in [5.74, 6) is 0. The van der Waals surface area contributed by atoms with Crippen LogP contribution in [0.3, 0.4) is 0 Å². The number of hydrogen-bond acceptors (Lipinski definition) is 2. The van der Waals surface area contributed by atoms with E-state index in [1.54, 1.807) is 6.92 Å². The summed E-state index contributed by atoms with van der Waals surface area (Å²) in [6, 6.07) is 9.85. The van der Waals surface area contributed by atoms with Gasteiger partial charge in [0, 0.05) is 0 Å². The molecule has 0 aliphatic heterocycles. The fourth-order valence-electron chi connectivity index (χ4n) is 0.837. The summed E-state index contributed by atoms with van der Waals surface area (Å²) in [5.41, 5.74) is 1.66. The molecule has 1 aromatic rings. The van der Waals surface area contributed by atoms with Gasteiger partial charge in [-0.1, -0.05) is 30.3 Å². The highest BCUT2D eigenvalue weighted by molar-refractivity contribution is 6.26. The molecule has 12 heavy (non-hydrogen) atoms. The Morgan fingerprint density at radius 3 is 2.67 bits per heavy atom. The van der Waals surface area contributed by atoms with Gasteiger partial charge in [-0.3, -0.25) is 9.79 Å². The number of hydrogen-bond donors (Lipinski definition) is 0. The number of benzene rings is 1. The molecule has 0 aromatic heterocycles. The van der Waals surface area contributed by atoms with Crippen LogP contribution in [0.4, 0.5) is 0 Å². The lowest BCUT2D eigenvalue weighted by Gasteiger charge is -1.94. The van der Waals surface area contributed by atoms with Gasteiger partial charge in [-0.05, 0) is 12.5 Å². The second kappa shape index (κ2) is 4.44. The summed E-state index contributed by atoms with van der Waals surface area (Å²) < 4.78 is 0. The minimum Gasteiger partial charge on any atom is -0.297 e. The van der Waals surface area contributed by atoms with Gasteiger partial charge in [0.05, 0.1) is 12.3 Å². The van der Waals surface area contributed by atoms with Crippen LogP contribution in [0.5, 0.6) is 0 Å². The van der Waals surface area contributed by atoms with Gasteiger partial charge in [0.1, 0.15) is 0 Å². The molecule has 1 aromatic carbocycles. The number of carbonyl (C=O) groups excluding carboxylic acids is 1. The summed E-state index contributed by atoms with van der Waals surface area (Å²) >= 11 is 0. The van der Waals surface area contributed by atoms with Crippen molar-refractivity contribution in [2.24, 2.45) is 4.99 Å². The quantitative estimate of drug-likeness (QED) is 0.491. The van der Waals surface area contributed by atoms with Gasteiger partial charge < -0.3 is 0 Å². The lowest BCUT2D eigenvalue weighted by atomic mass is 10.2. The summed E-state index contributed by atoms with van der Waals surface area (Å²) in [6.45, 7) is 2.29. The third-order valence-electron chi connectivity index (χ3n) is 1.52. The van der Waals surface area contributed by atoms with Crippen molar-refractivity contribution in [3.8, 4) is 0 Å². The predicted molar refractivity (Wildman–Crippen MR) is 49.3 cm³/mol. The lowest BCUT2D eigenvalue weighted by Crippen LogP contribution is -1.92. The molecule has 2 heteroatoms. The Morgan fingerprint density at radius 2 is 2.08 bits per heavy atom. The molecule has 0 aliphatic rings. The highest BCUT2D eigenvalue weighted by atomic mass is 16.1. The van der Waals surface area contributed by atoms with Crippen molar-refractivity contribution in [3.05, 3.63) is 35.9 Å². The number of carbonyl (C=O) groups is 1. The van der Waals surface area contributed by atoms with E-state index in [1.165, 1.54) is 0 Å². The molecular formula is C10H11NO. The maximum atomic E-state index is 10.2. The Bertz CT molecular complexity index is 277. The number of rotatable bonds is 3. The topological polar surface area (TPSA) is 29.4 Å². The largest absolute Gasteiger partial charge is 0.297 e. The molecule has 0 aliphatic carbocycles. The Hall–Kier alpha value is -1.44. The van der Waals surface area contributed by atoms with Crippen molar-refractivity contribution in [2.75, 3.05) is 0 Å². The zero-order chi connectivity index (χ0) is 8.81. The van der Waals surface area contributed by atoms with Crippen LogP contribution in [0.15, 0.2) is 35.3 Å². The zero-order valence-corrected chi connectivity index (χ0v) is 7.03. The highest BCUT2D eigenvalue weighted by Crippen LogP contribution is 1.99. The van der Waals surface area contributed by atoms with Crippen molar-refractivity contribution in [1.29, 1.82) is 0 Å². The second-order valence-corrected chi connectivity index (χ2v) is 2.56. The second-order valence-electron chi connectivity index (χ2n) is 2.56. The van der Waals surface area contributed by atoms with Crippen LogP contribution in [0.1, 0.15) is 12.5 Å². The van der Waals surface area contributed by atoms with E-state index >= 15 is 0 Å². The van der Waals surface area contributed by atoms with Gasteiger partial charge in [-0.15, -0.1) is 0 Å². The SMILES string of the molecule is CC(C=O)=NCc1ccccc1. The van der Waals surface area contributed by atoms with Crippen LogP contribution in [0.25, 0.3) is 0 Å². The van der Waals surface area contributed by atoms with Crippen LogP contribution < -0.4 is 0 Å². The van der Waals surface area contributed by atoms with E-state index in [9.17, 15) is 4.79 Å². The fourth-order valence-corrected chi connectivity index (χ4v) is 0.837. The first-order valence-corrected chi connectivity index (χ1v) is 3.83. The van der Waals surface area contributed by atoms with Gasteiger partial charge in [-0.25, -0.2) is 0 Å². The maximum Gasteiger partial charge on any atom is 0.163 e. The molecule has 0 bridgehead atoms. The van der Waals surface area contributed by atoms with Crippen LogP contribution in [-0.2, 0) is 11.3 Å². The Kier molecular flexibility index (Phi) is 3.20. The van der Waals surface area contributed by atoms with Crippen molar-refractivity contribution < 1.29 is 4.79 Å². The zero-order valence-electron chi connectivity index (χ0n) is 7.03. The molecule has 0 radical (unpaired) electrons. The van der Waals surface area contributed by atoms with E-state index in [0.29, 0.717) is 12.3 Å². The summed E-state index contributed by atoms with van der Waals surface area (Å²) in [5, 5.41) is 0. The van der Waals surface area contributed by atoms with E-state index in [4.69, 9.17) is 0 Å². The van der Waals surface area contributed by atoms with Gasteiger partial charge in [0.25, 0.3) is 0 Å². The van der Waals surface area contributed by atoms with Gasteiger partial charge >= 0.3 is 0 Å². The number of nitrogens with zero attached hydrogens (tertiary/aromatic N) is 1. The van der Waals surface area contributed by atoms with E-state index in [0.717, 1.165) is 11.8 Å². The van der Waals surface area contributed by atoms with E-state index in [-0.39, 0.29) is 0 Å². The summed E-state index contributed by atoms with van der Waals surface area (Å²) in [4.78, 5) is 14.3. The normalized spacial score (nSPS) is 11.2. The third kappa shape index (κ3) is 2.66. The van der Waals surface area contributed by atoms with Crippen molar-refractivity contribution >= 4 is 12.0 Å². The molecule has 1 rings (SSSR count). The first kappa shape index (κ1) is 8.65. The number of aliphatic imine (C=N–C) groups is 1. The van der Waals surface area contributed by atoms with Gasteiger partial charge in [-0.2, -0.15) is 0 Å². The fraction of sp³-hybridized carbons (Fsp3) is 0.200. The summed E-state index contributed by atoms with van der Waals surface area (Å²) in [6.07, 6.45) is 0.767. The van der Waals surface area contributed by atoms with E-state index < -0.39 is 0 Å². The molecule has 0 atom stereocenters. The monoisotopic (exact) mass is 161 g/mol. The lowest BCUT2D eigenvalue weighted by molar-refractivity contribution is -0.102. The predicted octanol–water partition coefficient (Wildman–Crippen LogP) is 1.85. The van der Waals surface area contributed by atoms with Gasteiger partial charge in [0.2, 0.25) is 0 Å². The minimum atomic E-state index is 0.541. The molecule has 0 heterocycles. The van der Waals surface area contributed by atoms with Crippen LogP contribution in [-0.4, -0.2) is 12.0 Å². The molecule has 0 unspecified atom stereocenters.